The van der Waals surface area contributed by atoms with Crippen LogP contribution < -0.4 is 5.32 Å². The molecule has 2 atom stereocenters. The summed E-state index contributed by atoms with van der Waals surface area (Å²) in [5, 5.41) is 8.37. The number of hydrogen-bond acceptors (Lipinski definition) is 2. The van der Waals surface area contributed by atoms with Crippen molar-refractivity contribution in [3.63, 3.8) is 0 Å². The highest BCUT2D eigenvalue weighted by atomic mass is 35.5. The van der Waals surface area contributed by atoms with Crippen molar-refractivity contribution in [1.82, 2.24) is 15.1 Å². The number of benzene rings is 2. The van der Waals surface area contributed by atoms with Crippen molar-refractivity contribution < 1.29 is 18.0 Å². The maximum absolute atomic E-state index is 13.4. The van der Waals surface area contributed by atoms with Crippen molar-refractivity contribution in [2.75, 3.05) is 0 Å². The molecule has 0 radical (unpaired) electrons. The number of carbonyl (C=O) groups excluding carboxylic acids is 1. The molecule has 1 amide bonds. The van der Waals surface area contributed by atoms with E-state index in [-0.39, 0.29) is 12.5 Å². The van der Waals surface area contributed by atoms with E-state index in [0.717, 1.165) is 54.8 Å². The van der Waals surface area contributed by atoms with Crippen molar-refractivity contribution in [2.24, 2.45) is 11.8 Å². The van der Waals surface area contributed by atoms with Gasteiger partial charge in [0.25, 0.3) is 5.91 Å². The van der Waals surface area contributed by atoms with Crippen LogP contribution in [0.15, 0.2) is 48.5 Å². The van der Waals surface area contributed by atoms with Crippen LogP contribution in [0.5, 0.6) is 0 Å². The number of hydrogen-bond donors (Lipinski definition) is 1. The molecule has 182 valence electrons. The minimum atomic E-state index is -4.38. The molecule has 2 aromatic carbocycles. The van der Waals surface area contributed by atoms with Gasteiger partial charge in [0, 0.05) is 23.0 Å². The Morgan fingerprint density at radius 2 is 1.57 bits per heavy atom. The molecule has 2 fully saturated rings. The molecule has 3 aromatic rings. The third kappa shape index (κ3) is 4.14. The number of halogens is 4. The third-order valence-electron chi connectivity index (χ3n) is 7.91. The summed E-state index contributed by atoms with van der Waals surface area (Å²) in [6, 6.07) is 12.4. The van der Waals surface area contributed by atoms with Crippen molar-refractivity contribution >= 4 is 17.5 Å². The predicted molar refractivity (Wildman–Crippen MR) is 127 cm³/mol. The first kappa shape index (κ1) is 22.7. The van der Waals surface area contributed by atoms with Gasteiger partial charge in [-0.05, 0) is 91.8 Å². The van der Waals surface area contributed by atoms with Crippen LogP contribution in [0, 0.1) is 11.8 Å². The largest absolute Gasteiger partial charge is 0.416 e. The standard InChI is InChI=1S/C27H25ClF3N3O/c28-21-5-7-22(8-6-21)34-25-19-12-16-9-17(13-19)11-18(10-16)23(25)24(33-34)26(35)32-14-15-1-3-20(4-2-15)27(29,30)31/h1-8,16-19H,9-14H2,(H,32,35). The van der Waals surface area contributed by atoms with Crippen LogP contribution >= 0.6 is 11.6 Å². The van der Waals surface area contributed by atoms with E-state index in [2.05, 4.69) is 5.32 Å². The zero-order valence-electron chi connectivity index (χ0n) is 19.0. The van der Waals surface area contributed by atoms with Gasteiger partial charge in [-0.15, -0.1) is 0 Å². The average molecular weight is 500 g/mol. The van der Waals surface area contributed by atoms with Crippen LogP contribution in [0.25, 0.3) is 5.69 Å². The minimum Gasteiger partial charge on any atom is -0.347 e. The number of alkyl halides is 3. The Hall–Kier alpha value is -2.80. The van der Waals surface area contributed by atoms with Gasteiger partial charge in [-0.1, -0.05) is 23.7 Å². The molecule has 35 heavy (non-hydrogen) atoms. The summed E-state index contributed by atoms with van der Waals surface area (Å²) in [6.07, 6.45) is 1.34. The summed E-state index contributed by atoms with van der Waals surface area (Å²) in [5.41, 5.74) is 3.45. The predicted octanol–water partition coefficient (Wildman–Crippen LogP) is 6.87. The Morgan fingerprint density at radius 3 is 2.20 bits per heavy atom. The Balaban J connectivity index is 1.34. The van der Waals surface area contributed by atoms with Gasteiger partial charge in [-0.2, -0.15) is 18.3 Å². The topological polar surface area (TPSA) is 46.9 Å². The summed E-state index contributed by atoms with van der Waals surface area (Å²) in [4.78, 5) is 13.4. The summed E-state index contributed by atoms with van der Waals surface area (Å²) in [5.74, 6) is 1.78. The maximum Gasteiger partial charge on any atom is 0.416 e. The first-order valence-corrected chi connectivity index (χ1v) is 12.5. The highest BCUT2D eigenvalue weighted by Crippen LogP contribution is 2.57. The lowest BCUT2D eigenvalue weighted by Gasteiger charge is -2.38. The highest BCUT2D eigenvalue weighted by Gasteiger charge is 2.46. The fraction of sp³-hybridized carbons (Fsp3) is 0.407. The van der Waals surface area contributed by atoms with E-state index in [4.69, 9.17) is 16.7 Å². The van der Waals surface area contributed by atoms with Crippen LogP contribution in [0.2, 0.25) is 5.02 Å². The van der Waals surface area contributed by atoms with Crippen LogP contribution in [0.1, 0.15) is 76.8 Å². The van der Waals surface area contributed by atoms with Gasteiger partial charge in [0.2, 0.25) is 0 Å². The second-order valence-electron chi connectivity index (χ2n) is 10.2. The maximum atomic E-state index is 13.4. The van der Waals surface area contributed by atoms with Gasteiger partial charge in [0.15, 0.2) is 5.69 Å². The Kier molecular flexibility index (Phi) is 5.44. The van der Waals surface area contributed by atoms with Gasteiger partial charge in [-0.3, -0.25) is 4.79 Å². The molecular weight excluding hydrogens is 475 g/mol. The number of carbonyl (C=O) groups is 1. The Morgan fingerprint density at radius 1 is 0.943 bits per heavy atom. The number of rotatable bonds is 4. The fourth-order valence-electron chi connectivity index (χ4n) is 6.57. The van der Waals surface area contributed by atoms with Crippen molar-refractivity contribution in [3.05, 3.63) is 81.6 Å². The SMILES string of the molecule is O=C(NCc1ccc(C(F)(F)F)cc1)c1nn(-c2ccc(Cl)cc2)c2c1C1CC3CC(C1)CC2C3. The van der Waals surface area contributed by atoms with Crippen LogP contribution in [0.4, 0.5) is 13.2 Å². The molecule has 0 aliphatic heterocycles. The number of amides is 1. The summed E-state index contributed by atoms with van der Waals surface area (Å²) in [7, 11) is 0. The van der Waals surface area contributed by atoms with E-state index in [1.54, 1.807) is 0 Å². The first-order valence-electron chi connectivity index (χ1n) is 12.1. The molecule has 1 N–H and O–H groups in total. The summed E-state index contributed by atoms with van der Waals surface area (Å²) < 4.78 is 40.5. The van der Waals surface area contributed by atoms with E-state index in [9.17, 15) is 18.0 Å². The van der Waals surface area contributed by atoms with E-state index in [0.29, 0.717) is 40.0 Å². The van der Waals surface area contributed by atoms with Gasteiger partial charge in [0.1, 0.15) is 0 Å². The lowest BCUT2D eigenvalue weighted by Crippen LogP contribution is -2.28. The molecule has 7 rings (SSSR count). The van der Waals surface area contributed by atoms with E-state index in [1.807, 2.05) is 28.9 Å². The van der Waals surface area contributed by atoms with Gasteiger partial charge in [-0.25, -0.2) is 4.68 Å². The van der Waals surface area contributed by atoms with Crippen molar-refractivity contribution in [2.45, 2.75) is 56.7 Å². The Labute approximate surface area is 206 Å². The number of nitrogens with zero attached hydrogens (tertiary/aromatic N) is 2. The molecule has 2 unspecified atom stereocenters. The molecule has 0 spiro atoms. The lowest BCUT2D eigenvalue weighted by atomic mass is 9.67. The smallest absolute Gasteiger partial charge is 0.347 e. The van der Waals surface area contributed by atoms with Crippen LogP contribution in [0.3, 0.4) is 0 Å². The van der Waals surface area contributed by atoms with E-state index < -0.39 is 11.7 Å². The van der Waals surface area contributed by atoms with E-state index >= 15 is 0 Å². The van der Waals surface area contributed by atoms with Crippen LogP contribution in [-0.4, -0.2) is 15.7 Å². The molecule has 0 saturated heterocycles. The molecule has 4 nitrogen and oxygen atoms in total. The normalized spacial score (nSPS) is 24.8. The molecule has 1 aromatic heterocycles. The van der Waals surface area contributed by atoms with Crippen molar-refractivity contribution in [1.29, 1.82) is 0 Å². The van der Waals surface area contributed by atoms with Gasteiger partial charge in [0.05, 0.1) is 16.9 Å². The van der Waals surface area contributed by atoms with E-state index in [1.165, 1.54) is 18.6 Å². The minimum absolute atomic E-state index is 0.138. The van der Waals surface area contributed by atoms with Gasteiger partial charge < -0.3 is 5.32 Å². The summed E-state index contributed by atoms with van der Waals surface area (Å²) >= 11 is 6.12. The molecule has 4 aliphatic rings. The summed E-state index contributed by atoms with van der Waals surface area (Å²) in [6.45, 7) is 0.138. The number of nitrogens with one attached hydrogen (secondary N) is 1. The molecular formula is C27H25ClF3N3O. The molecule has 8 heteroatoms. The van der Waals surface area contributed by atoms with Gasteiger partial charge >= 0.3 is 6.18 Å². The zero-order chi connectivity index (χ0) is 24.3. The second kappa shape index (κ2) is 8.40. The molecule has 4 aliphatic carbocycles. The molecule has 4 bridgehead atoms. The third-order valence-corrected chi connectivity index (χ3v) is 8.16. The van der Waals surface area contributed by atoms with Crippen molar-refractivity contribution in [3.8, 4) is 5.69 Å². The zero-order valence-corrected chi connectivity index (χ0v) is 19.7. The lowest BCUT2D eigenvalue weighted by molar-refractivity contribution is -0.137. The quantitative estimate of drug-likeness (QED) is 0.426. The molecule has 2 saturated carbocycles. The average Bonchev–Trinajstić information content (AvgIpc) is 3.14. The molecule has 1 heterocycles. The monoisotopic (exact) mass is 499 g/mol. The number of aromatic nitrogens is 2. The highest BCUT2D eigenvalue weighted by molar-refractivity contribution is 6.30. The fourth-order valence-corrected chi connectivity index (χ4v) is 6.70. The first-order chi connectivity index (χ1) is 16.8. The Bertz CT molecular complexity index is 1250. The van der Waals surface area contributed by atoms with Crippen LogP contribution in [-0.2, 0) is 12.7 Å². The second-order valence-corrected chi connectivity index (χ2v) is 10.7.